The van der Waals surface area contributed by atoms with Crippen LogP contribution in [0.4, 0.5) is 0 Å². The van der Waals surface area contributed by atoms with Crippen molar-refractivity contribution >= 4 is 23.2 Å². The molecule has 0 bridgehead atoms. The number of ether oxygens (including phenoxy) is 1. The maximum absolute atomic E-state index is 12.1. The predicted octanol–water partition coefficient (Wildman–Crippen LogP) is 2.50. The summed E-state index contributed by atoms with van der Waals surface area (Å²) >= 11 is 1.51. The van der Waals surface area contributed by atoms with Crippen molar-refractivity contribution in [2.45, 2.75) is 25.3 Å². The van der Waals surface area contributed by atoms with E-state index in [1.54, 1.807) is 6.20 Å². The minimum atomic E-state index is -0.344. The molecule has 0 aliphatic rings. The smallest absolute Gasteiger partial charge is 0.307 e. The van der Waals surface area contributed by atoms with Crippen molar-refractivity contribution in [1.82, 2.24) is 10.3 Å². The minimum Gasteiger partial charge on any atom is -0.469 e. The van der Waals surface area contributed by atoms with Crippen LogP contribution in [0.5, 0.6) is 0 Å². The summed E-state index contributed by atoms with van der Waals surface area (Å²) in [7, 11) is 1.34. The highest BCUT2D eigenvalue weighted by molar-refractivity contribution is 7.10. The van der Waals surface area contributed by atoms with Gasteiger partial charge in [0.2, 0.25) is 5.91 Å². The Bertz CT molecular complexity index is 599. The van der Waals surface area contributed by atoms with Gasteiger partial charge in [-0.1, -0.05) is 12.1 Å². The summed E-state index contributed by atoms with van der Waals surface area (Å²) in [5.74, 6) is -0.448. The highest BCUT2D eigenvalue weighted by Crippen LogP contribution is 2.22. The summed E-state index contributed by atoms with van der Waals surface area (Å²) in [4.78, 5) is 28.7. The quantitative estimate of drug-likeness (QED) is 0.796. The van der Waals surface area contributed by atoms with Crippen LogP contribution in [-0.4, -0.2) is 24.0 Å². The van der Waals surface area contributed by atoms with Crippen molar-refractivity contribution in [3.63, 3.8) is 0 Å². The number of aromatic nitrogens is 1. The molecule has 6 heteroatoms. The molecule has 1 amide bonds. The number of aryl methyl sites for hydroxylation is 1. The number of hydrogen-bond donors (Lipinski definition) is 1. The number of nitrogens with zero attached hydrogens (tertiary/aromatic N) is 1. The van der Waals surface area contributed by atoms with Crippen LogP contribution in [0.15, 0.2) is 41.9 Å². The van der Waals surface area contributed by atoms with Crippen molar-refractivity contribution in [3.05, 3.63) is 52.5 Å². The van der Waals surface area contributed by atoms with Gasteiger partial charge in [-0.3, -0.25) is 14.6 Å². The lowest BCUT2D eigenvalue weighted by molar-refractivity contribution is -0.141. The lowest BCUT2D eigenvalue weighted by Crippen LogP contribution is -2.30. The van der Waals surface area contributed by atoms with Gasteiger partial charge in [-0.25, -0.2) is 0 Å². The van der Waals surface area contributed by atoms with E-state index < -0.39 is 0 Å². The maximum Gasteiger partial charge on any atom is 0.307 e. The molecule has 0 aliphatic carbocycles. The fraction of sp³-hybridized carbons (Fsp3) is 0.312. The number of nitrogens with one attached hydrogen (secondary N) is 1. The Morgan fingerprint density at radius 2 is 2.18 bits per heavy atom. The number of rotatable bonds is 7. The molecule has 2 aromatic heterocycles. The molecule has 2 rings (SSSR count). The Morgan fingerprint density at radius 3 is 2.82 bits per heavy atom. The third-order valence-electron chi connectivity index (χ3n) is 3.15. The summed E-state index contributed by atoms with van der Waals surface area (Å²) in [5, 5.41) is 4.81. The van der Waals surface area contributed by atoms with Crippen LogP contribution in [0, 0.1) is 0 Å². The number of pyridine rings is 1. The predicted molar refractivity (Wildman–Crippen MR) is 84.4 cm³/mol. The van der Waals surface area contributed by atoms with E-state index in [0.29, 0.717) is 12.8 Å². The average Bonchev–Trinajstić information content (AvgIpc) is 3.07. The lowest BCUT2D eigenvalue weighted by atomic mass is 10.1. The van der Waals surface area contributed by atoms with E-state index in [0.717, 1.165) is 10.6 Å². The minimum absolute atomic E-state index is 0.104. The topological polar surface area (TPSA) is 68.3 Å². The summed E-state index contributed by atoms with van der Waals surface area (Å²) < 4.78 is 4.69. The molecular weight excluding hydrogens is 300 g/mol. The van der Waals surface area contributed by atoms with Gasteiger partial charge in [-0.2, -0.15) is 0 Å². The molecule has 0 saturated heterocycles. The normalized spacial score (nSPS) is 11.7. The van der Waals surface area contributed by atoms with Gasteiger partial charge >= 0.3 is 5.97 Å². The van der Waals surface area contributed by atoms with Crippen molar-refractivity contribution in [2.75, 3.05) is 7.11 Å². The van der Waals surface area contributed by atoms with Gasteiger partial charge in [0.1, 0.15) is 0 Å². The molecule has 0 fully saturated rings. The number of methoxy groups -OCH3 is 1. The van der Waals surface area contributed by atoms with Crippen LogP contribution < -0.4 is 5.32 Å². The van der Waals surface area contributed by atoms with Crippen molar-refractivity contribution in [1.29, 1.82) is 0 Å². The second-order valence-corrected chi connectivity index (χ2v) is 5.72. The number of amides is 1. The molecule has 0 radical (unpaired) electrons. The van der Waals surface area contributed by atoms with Crippen molar-refractivity contribution < 1.29 is 14.3 Å². The second kappa shape index (κ2) is 8.29. The zero-order valence-corrected chi connectivity index (χ0v) is 13.1. The molecule has 0 aromatic carbocycles. The highest BCUT2D eigenvalue weighted by atomic mass is 32.1. The van der Waals surface area contributed by atoms with Crippen LogP contribution in [0.3, 0.4) is 0 Å². The van der Waals surface area contributed by atoms with E-state index in [2.05, 4.69) is 10.3 Å². The van der Waals surface area contributed by atoms with Gasteiger partial charge in [0.25, 0.3) is 0 Å². The molecule has 0 saturated carbocycles. The second-order valence-electron chi connectivity index (χ2n) is 4.74. The number of carbonyl (C=O) groups excluding carboxylic acids is 2. The van der Waals surface area contributed by atoms with Gasteiger partial charge in [0.05, 0.1) is 19.6 Å². The van der Waals surface area contributed by atoms with E-state index in [1.807, 2.05) is 35.7 Å². The third-order valence-corrected chi connectivity index (χ3v) is 4.14. The zero-order valence-electron chi connectivity index (χ0n) is 12.3. The standard InChI is InChI=1S/C16H18N2O3S/c1-21-16(20)11-13(14-6-4-10-22-14)18-15(19)8-7-12-5-2-3-9-17-12/h2-6,9-10,13H,7-8,11H2,1H3,(H,18,19)/t13-/m1/s1. The molecule has 0 spiro atoms. The van der Waals surface area contributed by atoms with E-state index >= 15 is 0 Å². The molecule has 2 aromatic rings. The van der Waals surface area contributed by atoms with Gasteiger partial charge < -0.3 is 10.1 Å². The molecule has 116 valence electrons. The van der Waals surface area contributed by atoms with Gasteiger partial charge in [-0.05, 0) is 30.0 Å². The van der Waals surface area contributed by atoms with E-state index in [4.69, 9.17) is 4.74 Å². The lowest BCUT2D eigenvalue weighted by Gasteiger charge is -2.16. The summed E-state index contributed by atoms with van der Waals surface area (Å²) in [6.45, 7) is 0. The summed E-state index contributed by atoms with van der Waals surface area (Å²) in [6, 6.07) is 9.07. The SMILES string of the molecule is COC(=O)C[C@@H](NC(=O)CCc1ccccn1)c1cccs1. The molecule has 0 aliphatic heterocycles. The first-order valence-electron chi connectivity index (χ1n) is 6.98. The van der Waals surface area contributed by atoms with E-state index in [1.165, 1.54) is 18.4 Å². The van der Waals surface area contributed by atoms with Gasteiger partial charge in [-0.15, -0.1) is 11.3 Å². The van der Waals surface area contributed by atoms with E-state index in [9.17, 15) is 9.59 Å². The molecule has 5 nitrogen and oxygen atoms in total. The first-order valence-corrected chi connectivity index (χ1v) is 7.86. The number of thiophene rings is 1. The van der Waals surface area contributed by atoms with Crippen molar-refractivity contribution in [2.24, 2.45) is 0 Å². The van der Waals surface area contributed by atoms with Crippen LogP contribution >= 0.6 is 11.3 Å². The summed E-state index contributed by atoms with van der Waals surface area (Å²) in [5.41, 5.74) is 0.873. The highest BCUT2D eigenvalue weighted by Gasteiger charge is 2.19. The fourth-order valence-electron chi connectivity index (χ4n) is 2.02. The van der Waals surface area contributed by atoms with Crippen molar-refractivity contribution in [3.8, 4) is 0 Å². The maximum atomic E-state index is 12.1. The Hall–Kier alpha value is -2.21. The number of hydrogen-bond acceptors (Lipinski definition) is 5. The fourth-order valence-corrected chi connectivity index (χ4v) is 2.79. The molecule has 2 heterocycles. The van der Waals surface area contributed by atoms with Crippen LogP contribution in [-0.2, 0) is 20.7 Å². The Labute approximate surface area is 133 Å². The number of carbonyl (C=O) groups is 2. The molecular formula is C16H18N2O3S. The molecule has 22 heavy (non-hydrogen) atoms. The molecule has 1 N–H and O–H groups in total. The zero-order chi connectivity index (χ0) is 15.8. The average molecular weight is 318 g/mol. The van der Waals surface area contributed by atoms with Crippen LogP contribution in [0.2, 0.25) is 0 Å². The van der Waals surface area contributed by atoms with Crippen LogP contribution in [0.25, 0.3) is 0 Å². The molecule has 1 atom stereocenters. The monoisotopic (exact) mass is 318 g/mol. The number of esters is 1. The first kappa shape index (κ1) is 16.2. The Balaban J connectivity index is 1.92. The summed E-state index contributed by atoms with van der Waals surface area (Å²) in [6.07, 6.45) is 2.74. The van der Waals surface area contributed by atoms with Crippen LogP contribution in [0.1, 0.15) is 29.5 Å². The van der Waals surface area contributed by atoms with E-state index in [-0.39, 0.29) is 24.3 Å². The Kier molecular flexibility index (Phi) is 6.09. The van der Waals surface area contributed by atoms with Gasteiger partial charge in [0.15, 0.2) is 0 Å². The third kappa shape index (κ3) is 4.96. The molecule has 0 unspecified atom stereocenters. The first-order chi connectivity index (χ1) is 10.7. The largest absolute Gasteiger partial charge is 0.469 e. The Morgan fingerprint density at radius 1 is 1.32 bits per heavy atom. The van der Waals surface area contributed by atoms with Gasteiger partial charge in [0, 0.05) is 23.2 Å².